The van der Waals surface area contributed by atoms with Gasteiger partial charge in [0.2, 0.25) is 35.4 Å². The maximum Gasteiger partial charge on any atom is 0.409 e. The summed E-state index contributed by atoms with van der Waals surface area (Å²) in [7, 11) is 3.16. The molecule has 1 aliphatic carbocycles. The molecule has 0 bridgehead atoms. The number of aryl methyl sites for hydroxylation is 1. The van der Waals surface area contributed by atoms with Crippen molar-refractivity contribution < 1.29 is 66.9 Å². The van der Waals surface area contributed by atoms with E-state index < -0.39 is 90.3 Å². The van der Waals surface area contributed by atoms with Crippen LogP contribution in [0, 0.1) is 12.7 Å². The molecule has 9 amide bonds. The molecular weight excluding hydrogens is 1130 g/mol. The number of cyclic esters (lactones) is 1. The zero-order valence-electron chi connectivity index (χ0n) is 48.5. The Morgan fingerprint density at radius 2 is 1.53 bits per heavy atom. The lowest BCUT2D eigenvalue weighted by molar-refractivity contribution is -0.172. The number of imide groups is 1. The smallest absolute Gasteiger partial charge is 0.409 e. The van der Waals surface area contributed by atoms with Gasteiger partial charge in [-0.25, -0.2) is 19.0 Å². The van der Waals surface area contributed by atoms with Gasteiger partial charge >= 0.3 is 12.1 Å². The third kappa shape index (κ3) is 13.7. The van der Waals surface area contributed by atoms with Crippen molar-refractivity contribution in [1.29, 1.82) is 0 Å². The fourth-order valence-corrected chi connectivity index (χ4v) is 11.3. The molecule has 0 saturated heterocycles. The van der Waals surface area contributed by atoms with Crippen LogP contribution in [0.5, 0.6) is 0 Å². The summed E-state index contributed by atoms with van der Waals surface area (Å²) in [4.78, 5) is 151. The number of ether oxygens (including phenoxy) is 2. The van der Waals surface area contributed by atoms with E-state index in [4.69, 9.17) is 14.5 Å². The summed E-state index contributed by atoms with van der Waals surface area (Å²) >= 11 is 0. The van der Waals surface area contributed by atoms with E-state index in [1.165, 1.54) is 34.7 Å². The molecule has 5 aromatic rings. The van der Waals surface area contributed by atoms with Gasteiger partial charge in [-0.1, -0.05) is 55.8 Å². The summed E-state index contributed by atoms with van der Waals surface area (Å²) in [6.45, 7) is 1.81. The average Bonchev–Trinajstić information content (AvgIpc) is 1.66. The standard InChI is InChI=1S/C62H67FN10O14/c1-5-62(85)42-27-47-57-40(32-73(47)59(82)41(42)34-86-60(62)83)56-46(20-19-39-35(2)43(63)28-44(69-57)55(39)56)71(4)52(78)23-25-70(3)61(84)87-33-37-15-17-38(18-16-37)67-50(76)31-66-58(81)45(26-36-12-8-6-9-13-36)68-51(77)30-65-49(75)29-64-48(74)14-10-7-11-24-72-53(79)21-22-54(72)80/h6,8-9,12-13,15-18,21-22,27-28,45-46,85H,5,7,10-11,14,19-20,23-26,29-34H2,1-4H3,(H,64,74)(H,65,75)(H,66,81)(H,67,76)(H,68,77)/t45-,46-,62-/m0/s1. The number of halogens is 1. The lowest BCUT2D eigenvalue weighted by Gasteiger charge is -2.35. The normalized spacial score (nSPS) is 16.5. The highest BCUT2D eigenvalue weighted by Gasteiger charge is 2.46. The molecule has 3 atom stereocenters. The Balaban J connectivity index is 0.723. The minimum Gasteiger partial charge on any atom is -0.458 e. The number of unbranched alkanes of at least 4 members (excludes halogenated alkanes) is 2. The first-order chi connectivity index (χ1) is 41.6. The number of nitrogens with zero attached hydrogens (tertiary/aromatic N) is 5. The van der Waals surface area contributed by atoms with Crippen LogP contribution in [0.4, 0.5) is 14.9 Å². The molecule has 6 N–H and O–H groups in total. The topological polar surface area (TPSA) is 314 Å². The molecule has 3 aromatic carbocycles. The summed E-state index contributed by atoms with van der Waals surface area (Å²) in [5.41, 5.74) is 3.14. The summed E-state index contributed by atoms with van der Waals surface area (Å²) in [5.74, 6) is -5.34. The number of benzene rings is 3. The van der Waals surface area contributed by atoms with E-state index in [1.54, 1.807) is 86.5 Å². The molecule has 4 aliphatic rings. The number of amides is 9. The molecule has 9 rings (SSSR count). The number of esters is 1. The Bertz CT molecular complexity index is 3680. The molecule has 0 fully saturated rings. The van der Waals surface area contributed by atoms with Crippen LogP contribution in [0.2, 0.25) is 0 Å². The summed E-state index contributed by atoms with van der Waals surface area (Å²) in [6, 6.07) is 16.5. The predicted octanol–water partition coefficient (Wildman–Crippen LogP) is 3.13. The van der Waals surface area contributed by atoms with Crippen molar-refractivity contribution >= 4 is 75.9 Å². The minimum atomic E-state index is -2.05. The number of anilines is 1. The molecule has 2 aromatic heterocycles. The summed E-state index contributed by atoms with van der Waals surface area (Å²) in [5, 5.41) is 24.8. The maximum absolute atomic E-state index is 15.5. The monoisotopic (exact) mass is 1190 g/mol. The number of nitrogens with one attached hydrogen (secondary N) is 5. The van der Waals surface area contributed by atoms with Gasteiger partial charge in [0.25, 0.3) is 17.4 Å². The van der Waals surface area contributed by atoms with Gasteiger partial charge in [0.15, 0.2) is 5.60 Å². The Morgan fingerprint density at radius 1 is 0.828 bits per heavy atom. The quantitative estimate of drug-likeness (QED) is 0.0288. The first-order valence-corrected chi connectivity index (χ1v) is 28.7. The molecule has 87 heavy (non-hydrogen) atoms. The van der Waals surface area contributed by atoms with Gasteiger partial charge in [0.1, 0.15) is 25.1 Å². The molecule has 24 nitrogen and oxygen atoms in total. The van der Waals surface area contributed by atoms with Crippen molar-refractivity contribution in [2.45, 2.75) is 109 Å². The molecule has 0 spiro atoms. The van der Waals surface area contributed by atoms with Crippen molar-refractivity contribution in [3.8, 4) is 11.4 Å². The van der Waals surface area contributed by atoms with E-state index in [-0.39, 0.29) is 87.4 Å². The van der Waals surface area contributed by atoms with Crippen LogP contribution in [-0.4, -0.2) is 142 Å². The van der Waals surface area contributed by atoms with Gasteiger partial charge in [-0.15, -0.1) is 0 Å². The number of carbonyl (C=O) groups is 10. The highest BCUT2D eigenvalue weighted by molar-refractivity contribution is 6.12. The van der Waals surface area contributed by atoms with Gasteiger partial charge in [-0.05, 0) is 85.0 Å². The van der Waals surface area contributed by atoms with Crippen LogP contribution < -0.4 is 32.1 Å². The first kappa shape index (κ1) is 61.9. The second-order valence-corrected chi connectivity index (χ2v) is 21.9. The number of aromatic nitrogens is 2. The number of carbonyl (C=O) groups excluding carboxylic acids is 10. The SMILES string of the molecule is CC[C@@]1(O)C(=O)OCc2c1cc1n(c2=O)Cc2c-1nc1cc(F)c(C)c3c1c2[C@@H](N(C)C(=O)CCN(C)C(=O)OCc1ccc(NC(=O)CNC(=O)[C@H](Cc2ccccc2)NC(=O)CNC(=O)CNC(=O)CCCCCN2C(=O)C=CC2=O)cc1)CC3. The summed E-state index contributed by atoms with van der Waals surface area (Å²) in [6.07, 6.45) is 4.18. The zero-order chi connectivity index (χ0) is 62.3. The van der Waals surface area contributed by atoms with Gasteiger partial charge < -0.3 is 55.5 Å². The van der Waals surface area contributed by atoms with Crippen LogP contribution >= 0.6 is 0 Å². The second-order valence-electron chi connectivity index (χ2n) is 21.9. The third-order valence-corrected chi connectivity index (χ3v) is 16.2. The molecule has 5 heterocycles. The second kappa shape index (κ2) is 26.7. The first-order valence-electron chi connectivity index (χ1n) is 28.7. The van der Waals surface area contributed by atoms with Gasteiger partial charge in [-0.3, -0.25) is 48.1 Å². The van der Waals surface area contributed by atoms with E-state index in [1.807, 2.05) is 0 Å². The van der Waals surface area contributed by atoms with Crippen molar-refractivity contribution in [3.05, 3.63) is 140 Å². The summed E-state index contributed by atoms with van der Waals surface area (Å²) < 4.78 is 27.8. The fourth-order valence-electron chi connectivity index (χ4n) is 11.3. The van der Waals surface area contributed by atoms with Gasteiger partial charge in [0, 0.05) is 86.9 Å². The largest absolute Gasteiger partial charge is 0.458 e. The Morgan fingerprint density at radius 3 is 2.25 bits per heavy atom. The molecule has 0 radical (unpaired) electrons. The number of rotatable bonds is 24. The van der Waals surface area contributed by atoms with Crippen LogP contribution in [0.25, 0.3) is 22.3 Å². The molecule has 25 heteroatoms. The van der Waals surface area contributed by atoms with Crippen molar-refractivity contribution in [2.75, 3.05) is 52.1 Å². The average molecular weight is 1200 g/mol. The number of hydrogen-bond donors (Lipinski definition) is 6. The number of pyridine rings is 2. The van der Waals surface area contributed by atoms with Crippen molar-refractivity contribution in [2.24, 2.45) is 0 Å². The number of fused-ring (bicyclic) bond motifs is 5. The van der Waals surface area contributed by atoms with Crippen molar-refractivity contribution in [1.82, 2.24) is 45.5 Å². The van der Waals surface area contributed by atoms with E-state index in [0.717, 1.165) is 16.0 Å². The van der Waals surface area contributed by atoms with Crippen molar-refractivity contribution in [3.63, 3.8) is 0 Å². The molecule has 3 aliphatic heterocycles. The fraction of sp³-hybridized carbons (Fsp3) is 0.387. The zero-order valence-corrected chi connectivity index (χ0v) is 48.5. The van der Waals surface area contributed by atoms with E-state index >= 15 is 4.39 Å². The van der Waals surface area contributed by atoms with Crippen LogP contribution in [0.15, 0.2) is 83.7 Å². The van der Waals surface area contributed by atoms with Gasteiger partial charge in [0.05, 0.1) is 54.7 Å². The lowest BCUT2D eigenvalue weighted by Crippen LogP contribution is -2.52. The van der Waals surface area contributed by atoms with Gasteiger partial charge in [-0.2, -0.15) is 0 Å². The number of aliphatic hydroxyl groups is 1. The van der Waals surface area contributed by atoms with E-state index in [0.29, 0.717) is 82.3 Å². The third-order valence-electron chi connectivity index (χ3n) is 16.2. The van der Waals surface area contributed by atoms with E-state index in [2.05, 4.69) is 26.6 Å². The molecular formula is C62H67FN10O14. The molecule has 0 unspecified atom stereocenters. The lowest BCUT2D eigenvalue weighted by atomic mass is 9.81. The van der Waals surface area contributed by atoms with Crippen LogP contribution in [0.1, 0.15) is 102 Å². The Kier molecular flexibility index (Phi) is 19.0. The minimum absolute atomic E-state index is 0.00543. The molecule has 456 valence electrons. The Labute approximate surface area is 498 Å². The maximum atomic E-state index is 15.5. The number of hydrogen-bond acceptors (Lipinski definition) is 15. The predicted molar refractivity (Wildman–Crippen MR) is 311 cm³/mol. The molecule has 0 saturated carbocycles. The highest BCUT2D eigenvalue weighted by Crippen LogP contribution is 2.47. The van der Waals surface area contributed by atoms with Crippen LogP contribution in [-0.2, 0) is 90.8 Å². The Hall–Kier alpha value is -9.65. The van der Waals surface area contributed by atoms with Crippen LogP contribution in [0.3, 0.4) is 0 Å². The van der Waals surface area contributed by atoms with E-state index in [9.17, 15) is 57.8 Å². The highest BCUT2D eigenvalue weighted by atomic mass is 19.1.